The molecule has 1 aromatic heterocycles. The second-order valence-corrected chi connectivity index (χ2v) is 8.81. The van der Waals surface area contributed by atoms with Crippen molar-refractivity contribution in [2.75, 3.05) is 6.61 Å². The number of carbonyl (C=O) groups is 2. The molecule has 0 radical (unpaired) electrons. The van der Waals surface area contributed by atoms with Gasteiger partial charge in [-0.2, -0.15) is 0 Å². The van der Waals surface area contributed by atoms with Gasteiger partial charge in [0.1, 0.15) is 0 Å². The van der Waals surface area contributed by atoms with Crippen LogP contribution in [0, 0.1) is 17.8 Å². The third-order valence-electron chi connectivity index (χ3n) is 6.66. The monoisotopic (exact) mass is 379 g/mol. The normalized spacial score (nSPS) is 30.2. The zero-order valence-electron chi connectivity index (χ0n) is 15.8. The molecule has 1 aromatic carbocycles. The standard InChI is InChI=1S/C22H25N3O3/c26-20(24-22-9-15-6-16(10-22)8-17(7-15)11-22)13-28-21(27)19-12-23-14-25(19)18-4-2-1-3-5-18/h1-5,12,14-17H,6-11,13H2,(H,24,26). The van der Waals surface area contributed by atoms with E-state index in [2.05, 4.69) is 10.3 Å². The van der Waals surface area contributed by atoms with Crippen LogP contribution < -0.4 is 5.32 Å². The van der Waals surface area contributed by atoms with E-state index in [0.717, 1.165) is 42.7 Å². The molecule has 1 amide bonds. The van der Waals surface area contributed by atoms with Crippen molar-refractivity contribution in [3.8, 4) is 5.69 Å². The van der Waals surface area contributed by atoms with Crippen molar-refractivity contribution in [1.29, 1.82) is 0 Å². The minimum Gasteiger partial charge on any atom is -0.451 e. The summed E-state index contributed by atoms with van der Waals surface area (Å²) in [4.78, 5) is 29.1. The van der Waals surface area contributed by atoms with E-state index in [1.807, 2.05) is 30.3 Å². The molecule has 28 heavy (non-hydrogen) atoms. The van der Waals surface area contributed by atoms with Crippen LogP contribution in [-0.2, 0) is 9.53 Å². The van der Waals surface area contributed by atoms with E-state index in [4.69, 9.17) is 4.74 Å². The van der Waals surface area contributed by atoms with Crippen molar-refractivity contribution in [2.45, 2.75) is 44.1 Å². The number of nitrogens with zero attached hydrogens (tertiary/aromatic N) is 2. The number of aromatic nitrogens is 2. The van der Waals surface area contributed by atoms with Crippen LogP contribution in [-0.4, -0.2) is 33.6 Å². The molecule has 2 aromatic rings. The van der Waals surface area contributed by atoms with Gasteiger partial charge in [0.05, 0.1) is 12.5 Å². The number of carbonyl (C=O) groups excluding carboxylic acids is 2. The highest BCUT2D eigenvalue weighted by Crippen LogP contribution is 2.55. The number of amides is 1. The van der Waals surface area contributed by atoms with Crippen LogP contribution in [0.1, 0.15) is 49.0 Å². The molecule has 6 nitrogen and oxygen atoms in total. The Labute approximate surface area is 164 Å². The predicted octanol–water partition coefficient (Wildman–Crippen LogP) is 3.11. The third-order valence-corrected chi connectivity index (χ3v) is 6.66. The van der Waals surface area contributed by atoms with E-state index < -0.39 is 5.97 Å². The Kier molecular flexibility index (Phi) is 4.22. The summed E-state index contributed by atoms with van der Waals surface area (Å²) in [5.41, 5.74) is 1.07. The smallest absolute Gasteiger partial charge is 0.357 e. The number of para-hydroxylation sites is 1. The Bertz CT molecular complexity index is 854. The van der Waals surface area contributed by atoms with E-state index in [9.17, 15) is 9.59 Å². The Hall–Kier alpha value is -2.63. The molecule has 1 N–H and O–H groups in total. The Balaban J connectivity index is 1.21. The fraction of sp³-hybridized carbons (Fsp3) is 0.500. The van der Waals surface area contributed by atoms with Gasteiger partial charge in [0.2, 0.25) is 0 Å². The highest BCUT2D eigenvalue weighted by atomic mass is 16.5. The summed E-state index contributed by atoms with van der Waals surface area (Å²) in [5, 5.41) is 3.23. The number of imidazole rings is 1. The lowest BCUT2D eigenvalue weighted by atomic mass is 9.53. The maximum Gasteiger partial charge on any atom is 0.357 e. The van der Waals surface area contributed by atoms with Gasteiger partial charge >= 0.3 is 5.97 Å². The van der Waals surface area contributed by atoms with Gasteiger partial charge in [-0.1, -0.05) is 18.2 Å². The van der Waals surface area contributed by atoms with Crippen LogP contribution in [0.2, 0.25) is 0 Å². The Morgan fingerprint density at radius 3 is 2.36 bits per heavy atom. The number of ether oxygens (including phenoxy) is 1. The quantitative estimate of drug-likeness (QED) is 0.810. The van der Waals surface area contributed by atoms with E-state index >= 15 is 0 Å². The predicted molar refractivity (Wildman–Crippen MR) is 103 cm³/mol. The summed E-state index contributed by atoms with van der Waals surface area (Å²) in [6, 6.07) is 9.47. The van der Waals surface area contributed by atoms with Gasteiger partial charge in [-0.3, -0.25) is 9.36 Å². The molecular weight excluding hydrogens is 354 g/mol. The number of nitrogens with one attached hydrogen (secondary N) is 1. The zero-order chi connectivity index (χ0) is 19.1. The highest BCUT2D eigenvalue weighted by Gasteiger charge is 2.51. The first kappa shape index (κ1) is 17.5. The molecule has 4 aliphatic rings. The molecule has 0 spiro atoms. The van der Waals surface area contributed by atoms with E-state index in [0.29, 0.717) is 5.69 Å². The second kappa shape index (κ2) is 6.76. The lowest BCUT2D eigenvalue weighted by Gasteiger charge is -2.56. The molecule has 4 bridgehead atoms. The Morgan fingerprint density at radius 2 is 1.71 bits per heavy atom. The molecule has 0 saturated heterocycles. The highest BCUT2D eigenvalue weighted by molar-refractivity contribution is 5.90. The van der Waals surface area contributed by atoms with Crippen LogP contribution in [0.5, 0.6) is 0 Å². The molecule has 0 unspecified atom stereocenters. The molecule has 0 aliphatic heterocycles. The average molecular weight is 379 g/mol. The van der Waals surface area contributed by atoms with Crippen molar-refractivity contribution in [2.24, 2.45) is 17.8 Å². The molecule has 6 heteroatoms. The van der Waals surface area contributed by atoms with Crippen LogP contribution >= 0.6 is 0 Å². The molecule has 146 valence electrons. The number of hydrogen-bond donors (Lipinski definition) is 1. The Morgan fingerprint density at radius 1 is 1.07 bits per heavy atom. The molecule has 6 rings (SSSR count). The first-order valence-electron chi connectivity index (χ1n) is 10.2. The topological polar surface area (TPSA) is 73.2 Å². The first-order chi connectivity index (χ1) is 13.6. The van der Waals surface area contributed by atoms with Crippen molar-refractivity contribution in [1.82, 2.24) is 14.9 Å². The summed E-state index contributed by atoms with van der Waals surface area (Å²) >= 11 is 0. The van der Waals surface area contributed by atoms with Gasteiger partial charge in [-0.15, -0.1) is 0 Å². The summed E-state index contributed by atoms with van der Waals surface area (Å²) in [5.74, 6) is 1.54. The molecule has 1 heterocycles. The third kappa shape index (κ3) is 3.21. The number of rotatable bonds is 5. The number of benzene rings is 1. The van der Waals surface area contributed by atoms with Crippen LogP contribution in [0.15, 0.2) is 42.9 Å². The van der Waals surface area contributed by atoms with Gasteiger partial charge in [0.25, 0.3) is 5.91 Å². The van der Waals surface area contributed by atoms with E-state index in [1.54, 1.807) is 10.9 Å². The minimum absolute atomic E-state index is 0.0654. The van der Waals surface area contributed by atoms with Gasteiger partial charge in [0.15, 0.2) is 12.3 Å². The van der Waals surface area contributed by atoms with Crippen molar-refractivity contribution in [3.05, 3.63) is 48.5 Å². The first-order valence-corrected chi connectivity index (χ1v) is 10.2. The fourth-order valence-corrected chi connectivity index (χ4v) is 6.04. The molecule has 4 fully saturated rings. The average Bonchev–Trinajstić information content (AvgIpc) is 3.15. The summed E-state index contributed by atoms with van der Waals surface area (Å²) in [6.45, 7) is -0.249. The molecule has 4 saturated carbocycles. The number of hydrogen-bond acceptors (Lipinski definition) is 4. The molecule has 4 aliphatic carbocycles. The lowest BCUT2D eigenvalue weighted by Crippen LogP contribution is -2.60. The SMILES string of the molecule is O=C(COC(=O)c1cncn1-c1ccccc1)NC12CC3CC(CC(C3)C1)C2. The second-order valence-electron chi connectivity index (χ2n) is 8.81. The van der Waals surface area contributed by atoms with Crippen LogP contribution in [0.25, 0.3) is 5.69 Å². The maximum atomic E-state index is 12.5. The molecule has 0 atom stereocenters. The van der Waals surface area contributed by atoms with E-state index in [1.165, 1.54) is 25.5 Å². The molecular formula is C22H25N3O3. The van der Waals surface area contributed by atoms with Crippen LogP contribution in [0.4, 0.5) is 0 Å². The summed E-state index contributed by atoms with van der Waals surface area (Å²) < 4.78 is 6.98. The fourth-order valence-electron chi connectivity index (χ4n) is 6.04. The summed E-state index contributed by atoms with van der Waals surface area (Å²) in [6.07, 6.45) is 10.3. The van der Waals surface area contributed by atoms with Crippen molar-refractivity contribution >= 4 is 11.9 Å². The van der Waals surface area contributed by atoms with Crippen molar-refractivity contribution < 1.29 is 14.3 Å². The van der Waals surface area contributed by atoms with Gasteiger partial charge in [-0.05, 0) is 68.4 Å². The van der Waals surface area contributed by atoms with E-state index in [-0.39, 0.29) is 18.1 Å². The maximum absolute atomic E-state index is 12.5. The van der Waals surface area contributed by atoms with Gasteiger partial charge < -0.3 is 10.1 Å². The van der Waals surface area contributed by atoms with Crippen LogP contribution in [0.3, 0.4) is 0 Å². The van der Waals surface area contributed by atoms with Gasteiger partial charge in [-0.25, -0.2) is 9.78 Å². The summed E-state index contributed by atoms with van der Waals surface area (Å²) in [7, 11) is 0. The van der Waals surface area contributed by atoms with Crippen molar-refractivity contribution in [3.63, 3.8) is 0 Å². The largest absolute Gasteiger partial charge is 0.451 e. The number of esters is 1. The minimum atomic E-state index is -0.540. The zero-order valence-corrected chi connectivity index (χ0v) is 15.8. The van der Waals surface area contributed by atoms with Gasteiger partial charge in [0, 0.05) is 11.2 Å². The lowest BCUT2D eigenvalue weighted by molar-refractivity contribution is -0.130.